The summed E-state index contributed by atoms with van der Waals surface area (Å²) in [4.78, 5) is 22.4. The van der Waals surface area contributed by atoms with Gasteiger partial charge in [-0.15, -0.1) is 0 Å². The standard InChI is InChI=1S/C14H17NO4/c1-19-13(16)7-9-14(15(17)18)8-6-11-4-2-3-5-12(11)10-14/h2-5H,6-10H2,1H3/t14-/m0/s1. The quantitative estimate of drug-likeness (QED) is 0.474. The molecule has 102 valence electrons. The van der Waals surface area contributed by atoms with E-state index in [1.807, 2.05) is 24.3 Å². The molecule has 0 N–H and O–H groups in total. The number of methoxy groups -OCH3 is 1. The van der Waals surface area contributed by atoms with Crippen LogP contribution in [0.4, 0.5) is 0 Å². The molecule has 5 heteroatoms. The Morgan fingerprint density at radius 1 is 1.42 bits per heavy atom. The first-order chi connectivity index (χ1) is 9.07. The first-order valence-corrected chi connectivity index (χ1v) is 6.35. The summed E-state index contributed by atoms with van der Waals surface area (Å²) in [6.07, 6.45) is 1.90. The van der Waals surface area contributed by atoms with Crippen molar-refractivity contribution >= 4 is 5.97 Å². The third-order valence-corrected chi connectivity index (χ3v) is 3.91. The lowest BCUT2D eigenvalue weighted by Gasteiger charge is -2.30. The summed E-state index contributed by atoms with van der Waals surface area (Å²) >= 11 is 0. The number of nitrogens with zero attached hydrogens (tertiary/aromatic N) is 1. The molecule has 0 saturated carbocycles. The van der Waals surface area contributed by atoms with Crippen molar-refractivity contribution in [2.24, 2.45) is 0 Å². The lowest BCUT2D eigenvalue weighted by molar-refractivity contribution is -0.573. The summed E-state index contributed by atoms with van der Waals surface area (Å²) in [6, 6.07) is 7.80. The zero-order valence-corrected chi connectivity index (χ0v) is 10.9. The molecular weight excluding hydrogens is 246 g/mol. The van der Waals surface area contributed by atoms with E-state index in [4.69, 9.17) is 0 Å². The van der Waals surface area contributed by atoms with Gasteiger partial charge in [0, 0.05) is 24.2 Å². The Morgan fingerprint density at radius 2 is 2.11 bits per heavy atom. The zero-order chi connectivity index (χ0) is 13.9. The Bertz CT molecular complexity index is 500. The molecule has 1 aliphatic carbocycles. The van der Waals surface area contributed by atoms with Crippen LogP contribution in [0.15, 0.2) is 24.3 Å². The number of benzene rings is 1. The van der Waals surface area contributed by atoms with Gasteiger partial charge in [-0.05, 0) is 17.5 Å². The summed E-state index contributed by atoms with van der Waals surface area (Å²) in [5.74, 6) is -0.389. The van der Waals surface area contributed by atoms with E-state index < -0.39 is 5.54 Å². The molecule has 19 heavy (non-hydrogen) atoms. The molecule has 0 fully saturated rings. The van der Waals surface area contributed by atoms with Gasteiger partial charge in [-0.2, -0.15) is 0 Å². The number of carbonyl (C=O) groups excluding carboxylic acids is 1. The lowest BCUT2D eigenvalue weighted by atomic mass is 9.76. The molecule has 0 aromatic heterocycles. The average molecular weight is 263 g/mol. The molecule has 0 bridgehead atoms. The predicted molar refractivity (Wildman–Crippen MR) is 69.4 cm³/mol. The molecule has 0 heterocycles. The number of hydrogen-bond donors (Lipinski definition) is 0. The summed E-state index contributed by atoms with van der Waals surface area (Å²) in [6.45, 7) is 0. The van der Waals surface area contributed by atoms with Crippen molar-refractivity contribution in [1.29, 1.82) is 0 Å². The molecule has 1 atom stereocenters. The van der Waals surface area contributed by atoms with Crippen molar-refractivity contribution in [2.45, 2.75) is 37.6 Å². The Labute approximate surface area is 111 Å². The molecule has 0 amide bonds. The number of rotatable bonds is 4. The SMILES string of the molecule is COC(=O)CC[C@@]1([N+](=O)[O-])CCc2ccccc2C1. The second-order valence-corrected chi connectivity index (χ2v) is 5.00. The van der Waals surface area contributed by atoms with Gasteiger partial charge in [0.2, 0.25) is 5.54 Å². The van der Waals surface area contributed by atoms with Crippen molar-refractivity contribution in [1.82, 2.24) is 0 Å². The van der Waals surface area contributed by atoms with Crippen LogP contribution in [0.3, 0.4) is 0 Å². The van der Waals surface area contributed by atoms with E-state index in [0.717, 1.165) is 5.56 Å². The minimum Gasteiger partial charge on any atom is -0.469 e. The van der Waals surface area contributed by atoms with Crippen LogP contribution in [0.5, 0.6) is 0 Å². The Kier molecular flexibility index (Phi) is 3.83. The van der Waals surface area contributed by atoms with Crippen LogP contribution in [0.1, 0.15) is 30.4 Å². The van der Waals surface area contributed by atoms with Crippen LogP contribution in [0, 0.1) is 10.1 Å². The number of hydrogen-bond acceptors (Lipinski definition) is 4. The third kappa shape index (κ3) is 2.75. The highest BCUT2D eigenvalue weighted by molar-refractivity contribution is 5.69. The highest BCUT2D eigenvalue weighted by Gasteiger charge is 2.45. The van der Waals surface area contributed by atoms with E-state index in [0.29, 0.717) is 19.3 Å². The van der Waals surface area contributed by atoms with Gasteiger partial charge in [-0.1, -0.05) is 24.3 Å². The monoisotopic (exact) mass is 263 g/mol. The number of aryl methyl sites for hydroxylation is 1. The molecule has 1 aromatic rings. The third-order valence-electron chi connectivity index (χ3n) is 3.91. The van der Waals surface area contributed by atoms with E-state index in [2.05, 4.69) is 4.74 Å². The normalized spacial score (nSPS) is 21.5. The molecule has 0 unspecified atom stereocenters. The summed E-state index contributed by atoms with van der Waals surface area (Å²) < 4.78 is 4.57. The van der Waals surface area contributed by atoms with Crippen LogP contribution in [0.25, 0.3) is 0 Å². The maximum absolute atomic E-state index is 11.4. The fourth-order valence-corrected chi connectivity index (χ4v) is 2.68. The molecule has 0 aliphatic heterocycles. The van der Waals surface area contributed by atoms with E-state index in [-0.39, 0.29) is 23.7 Å². The van der Waals surface area contributed by atoms with Crippen LogP contribution < -0.4 is 0 Å². The predicted octanol–water partition coefficient (Wildman–Crippen LogP) is 2.14. The number of ether oxygens (including phenoxy) is 1. The van der Waals surface area contributed by atoms with Crippen LogP contribution >= 0.6 is 0 Å². The molecule has 2 rings (SSSR count). The number of carbonyl (C=O) groups is 1. The van der Waals surface area contributed by atoms with Crippen molar-refractivity contribution in [3.8, 4) is 0 Å². The van der Waals surface area contributed by atoms with Crippen LogP contribution in [-0.4, -0.2) is 23.5 Å². The Morgan fingerprint density at radius 3 is 2.74 bits per heavy atom. The second-order valence-electron chi connectivity index (χ2n) is 5.00. The molecule has 1 aliphatic rings. The van der Waals surface area contributed by atoms with Crippen molar-refractivity contribution in [3.63, 3.8) is 0 Å². The van der Waals surface area contributed by atoms with Crippen LogP contribution in [-0.2, 0) is 22.4 Å². The topological polar surface area (TPSA) is 69.4 Å². The molecular formula is C14H17NO4. The smallest absolute Gasteiger partial charge is 0.305 e. The maximum Gasteiger partial charge on any atom is 0.305 e. The fraction of sp³-hybridized carbons (Fsp3) is 0.500. The highest BCUT2D eigenvalue weighted by atomic mass is 16.6. The van der Waals surface area contributed by atoms with Gasteiger partial charge in [-0.25, -0.2) is 0 Å². The van der Waals surface area contributed by atoms with Gasteiger partial charge in [0.25, 0.3) is 0 Å². The largest absolute Gasteiger partial charge is 0.469 e. The van der Waals surface area contributed by atoms with Gasteiger partial charge >= 0.3 is 5.97 Å². The van der Waals surface area contributed by atoms with Crippen molar-refractivity contribution < 1.29 is 14.5 Å². The molecule has 5 nitrogen and oxygen atoms in total. The average Bonchev–Trinajstić information content (AvgIpc) is 2.44. The summed E-state index contributed by atoms with van der Waals surface area (Å²) in [5, 5.41) is 11.4. The minimum atomic E-state index is -1.03. The summed E-state index contributed by atoms with van der Waals surface area (Å²) in [7, 11) is 1.30. The van der Waals surface area contributed by atoms with E-state index in [9.17, 15) is 14.9 Å². The van der Waals surface area contributed by atoms with Gasteiger partial charge in [0.1, 0.15) is 0 Å². The van der Waals surface area contributed by atoms with Gasteiger partial charge in [0.15, 0.2) is 0 Å². The number of esters is 1. The first-order valence-electron chi connectivity index (χ1n) is 6.35. The second kappa shape index (κ2) is 5.38. The number of fused-ring (bicyclic) bond motifs is 1. The van der Waals surface area contributed by atoms with Crippen molar-refractivity contribution in [3.05, 3.63) is 45.5 Å². The lowest BCUT2D eigenvalue weighted by Crippen LogP contribution is -2.44. The Hall–Kier alpha value is -1.91. The van der Waals surface area contributed by atoms with Gasteiger partial charge in [-0.3, -0.25) is 14.9 Å². The highest BCUT2D eigenvalue weighted by Crippen LogP contribution is 2.34. The first kappa shape index (κ1) is 13.5. The molecule has 0 spiro atoms. The van der Waals surface area contributed by atoms with Crippen molar-refractivity contribution in [2.75, 3.05) is 7.11 Å². The zero-order valence-electron chi connectivity index (χ0n) is 10.9. The Balaban J connectivity index is 2.19. The van der Waals surface area contributed by atoms with Gasteiger partial charge < -0.3 is 4.74 Å². The van der Waals surface area contributed by atoms with Gasteiger partial charge in [0.05, 0.1) is 13.5 Å². The van der Waals surface area contributed by atoms with E-state index >= 15 is 0 Å². The van der Waals surface area contributed by atoms with E-state index in [1.54, 1.807) is 0 Å². The number of nitro groups is 1. The van der Waals surface area contributed by atoms with Crippen LogP contribution in [0.2, 0.25) is 0 Å². The fourth-order valence-electron chi connectivity index (χ4n) is 2.68. The molecule has 1 aromatic carbocycles. The molecule has 0 saturated heterocycles. The maximum atomic E-state index is 11.4. The molecule has 0 radical (unpaired) electrons. The van der Waals surface area contributed by atoms with E-state index in [1.165, 1.54) is 12.7 Å². The minimum absolute atomic E-state index is 0.0969. The summed E-state index contributed by atoms with van der Waals surface area (Å²) in [5.41, 5.74) is 1.18.